The smallest absolute Gasteiger partial charge is 0.409 e. The molecule has 1 aliphatic rings. The molecule has 0 spiro atoms. The summed E-state index contributed by atoms with van der Waals surface area (Å²) in [6.45, 7) is 9.81. The lowest BCUT2D eigenvalue weighted by Crippen LogP contribution is -2.53. The van der Waals surface area contributed by atoms with E-state index < -0.39 is 0 Å². The molecule has 7 nitrogen and oxygen atoms in total. The quantitative estimate of drug-likeness (QED) is 0.420. The summed E-state index contributed by atoms with van der Waals surface area (Å²) >= 11 is 1.71. The number of nitrogens with one attached hydrogen (secondary N) is 1. The minimum atomic E-state index is -0.231. The van der Waals surface area contributed by atoms with Crippen LogP contribution in [0.15, 0.2) is 4.99 Å². The topological polar surface area (TPSA) is 70.1 Å². The molecule has 136 valence electrons. The average molecular weight is 467 g/mol. The van der Waals surface area contributed by atoms with Gasteiger partial charge in [0.1, 0.15) is 0 Å². The predicted octanol–water partition coefficient (Wildman–Crippen LogP) is 2.23. The number of aliphatic imine (C=N–C) groups is 1. The highest BCUT2D eigenvalue weighted by Crippen LogP contribution is 2.16. The number of nitrogens with zero attached hydrogens (tertiary/aromatic N) is 4. The van der Waals surface area contributed by atoms with E-state index in [0.29, 0.717) is 19.7 Å². The number of amides is 1. The number of thiazole rings is 1. The van der Waals surface area contributed by atoms with Crippen LogP contribution in [-0.4, -0.2) is 66.7 Å². The summed E-state index contributed by atoms with van der Waals surface area (Å²) in [5.41, 5.74) is 1.07. The van der Waals surface area contributed by atoms with Gasteiger partial charge in [0.15, 0.2) is 5.96 Å². The Morgan fingerprint density at radius 3 is 2.42 bits per heavy atom. The Morgan fingerprint density at radius 1 is 1.29 bits per heavy atom. The predicted molar refractivity (Wildman–Crippen MR) is 107 cm³/mol. The molecule has 0 aromatic carbocycles. The van der Waals surface area contributed by atoms with E-state index in [0.717, 1.165) is 36.3 Å². The molecule has 1 fully saturated rings. The van der Waals surface area contributed by atoms with E-state index in [9.17, 15) is 4.79 Å². The van der Waals surface area contributed by atoms with E-state index in [1.807, 2.05) is 20.8 Å². The van der Waals surface area contributed by atoms with Crippen molar-refractivity contribution in [2.45, 2.75) is 27.3 Å². The van der Waals surface area contributed by atoms with Crippen LogP contribution in [0.4, 0.5) is 4.79 Å². The molecule has 0 bridgehead atoms. The van der Waals surface area contributed by atoms with Crippen LogP contribution < -0.4 is 5.32 Å². The van der Waals surface area contributed by atoms with E-state index in [2.05, 4.69) is 20.2 Å². The van der Waals surface area contributed by atoms with E-state index >= 15 is 0 Å². The zero-order valence-corrected chi connectivity index (χ0v) is 17.8. The number of ether oxygens (including phenoxy) is 1. The lowest BCUT2D eigenvalue weighted by molar-refractivity contribution is 0.0914. The highest BCUT2D eigenvalue weighted by atomic mass is 127. The van der Waals surface area contributed by atoms with Gasteiger partial charge in [0.2, 0.25) is 0 Å². The van der Waals surface area contributed by atoms with Crippen molar-refractivity contribution in [2.75, 3.05) is 39.8 Å². The first kappa shape index (κ1) is 20.9. The maximum atomic E-state index is 11.7. The second-order valence-electron chi connectivity index (χ2n) is 5.32. The molecule has 1 amide bonds. The molecule has 1 saturated heterocycles. The number of aromatic nitrogens is 1. The third-order valence-corrected chi connectivity index (χ3v) is 4.80. The fourth-order valence-corrected chi connectivity index (χ4v) is 3.42. The Kier molecular flexibility index (Phi) is 8.74. The Hall–Kier alpha value is -1.10. The van der Waals surface area contributed by atoms with E-state index in [-0.39, 0.29) is 30.1 Å². The maximum Gasteiger partial charge on any atom is 0.409 e. The number of aryl methyl sites for hydroxylation is 2. The lowest BCUT2D eigenvalue weighted by atomic mass is 10.3. The first-order valence-electron chi connectivity index (χ1n) is 7.85. The summed E-state index contributed by atoms with van der Waals surface area (Å²) in [4.78, 5) is 25.7. The highest BCUT2D eigenvalue weighted by Gasteiger charge is 2.23. The van der Waals surface area contributed by atoms with Crippen molar-refractivity contribution in [2.24, 2.45) is 4.99 Å². The van der Waals surface area contributed by atoms with Crippen molar-refractivity contribution < 1.29 is 9.53 Å². The van der Waals surface area contributed by atoms with Gasteiger partial charge < -0.3 is 19.9 Å². The van der Waals surface area contributed by atoms with Crippen molar-refractivity contribution in [1.82, 2.24) is 20.1 Å². The van der Waals surface area contributed by atoms with Crippen molar-refractivity contribution >= 4 is 47.4 Å². The molecule has 1 N–H and O–H groups in total. The van der Waals surface area contributed by atoms with Crippen molar-refractivity contribution in [3.63, 3.8) is 0 Å². The Labute approximate surface area is 164 Å². The molecule has 2 heterocycles. The molecule has 1 aliphatic heterocycles. The van der Waals surface area contributed by atoms with Crippen LogP contribution in [0.3, 0.4) is 0 Å². The Bertz CT molecular complexity index is 570. The Morgan fingerprint density at radius 2 is 1.92 bits per heavy atom. The van der Waals surface area contributed by atoms with Gasteiger partial charge in [-0.05, 0) is 20.8 Å². The molecule has 0 unspecified atom stereocenters. The zero-order chi connectivity index (χ0) is 16.8. The minimum absolute atomic E-state index is 0. The third kappa shape index (κ3) is 5.47. The SMILES string of the molecule is CCOC(=O)N1CCN(C(=NC)NCc2sc(C)nc2C)CC1.I. The van der Waals surface area contributed by atoms with Gasteiger partial charge in [0.05, 0.1) is 23.9 Å². The maximum absolute atomic E-state index is 11.7. The van der Waals surface area contributed by atoms with Gasteiger partial charge in [-0.25, -0.2) is 9.78 Å². The average Bonchev–Trinajstić information content (AvgIpc) is 2.86. The molecule has 0 aliphatic carbocycles. The van der Waals surface area contributed by atoms with Crippen molar-refractivity contribution in [3.05, 3.63) is 15.6 Å². The fourth-order valence-electron chi connectivity index (χ4n) is 2.54. The number of carbonyl (C=O) groups is 1. The van der Waals surface area contributed by atoms with Gasteiger partial charge in [-0.15, -0.1) is 35.3 Å². The van der Waals surface area contributed by atoms with Gasteiger partial charge >= 0.3 is 6.09 Å². The number of piperazine rings is 1. The number of rotatable bonds is 3. The first-order valence-corrected chi connectivity index (χ1v) is 8.67. The van der Waals surface area contributed by atoms with E-state index in [1.165, 1.54) is 4.88 Å². The first-order chi connectivity index (χ1) is 11.0. The van der Waals surface area contributed by atoms with Crippen LogP contribution in [0, 0.1) is 13.8 Å². The molecule has 24 heavy (non-hydrogen) atoms. The largest absolute Gasteiger partial charge is 0.450 e. The van der Waals surface area contributed by atoms with Gasteiger partial charge in [0, 0.05) is 38.1 Å². The minimum Gasteiger partial charge on any atom is -0.450 e. The molecule has 2 rings (SSSR count). The monoisotopic (exact) mass is 467 g/mol. The molecular weight excluding hydrogens is 441 g/mol. The summed E-state index contributed by atoms with van der Waals surface area (Å²) in [6.07, 6.45) is -0.231. The fraction of sp³-hybridized carbons (Fsp3) is 0.667. The normalized spacial score (nSPS) is 15.1. The van der Waals surface area contributed by atoms with Gasteiger partial charge in [-0.2, -0.15) is 0 Å². The molecule has 0 radical (unpaired) electrons. The molecule has 0 atom stereocenters. The van der Waals surface area contributed by atoms with Gasteiger partial charge in [-0.3, -0.25) is 4.99 Å². The van der Waals surface area contributed by atoms with Crippen LogP contribution in [0.1, 0.15) is 22.5 Å². The number of hydrogen-bond donors (Lipinski definition) is 1. The summed E-state index contributed by atoms with van der Waals surface area (Å²) in [7, 11) is 1.78. The summed E-state index contributed by atoms with van der Waals surface area (Å²) in [6, 6.07) is 0. The zero-order valence-electron chi connectivity index (χ0n) is 14.7. The lowest BCUT2D eigenvalue weighted by Gasteiger charge is -2.35. The highest BCUT2D eigenvalue weighted by molar-refractivity contribution is 14.0. The summed E-state index contributed by atoms with van der Waals surface area (Å²) < 4.78 is 5.04. The van der Waals surface area contributed by atoms with Crippen LogP contribution in [0.25, 0.3) is 0 Å². The molecular formula is C15H26IN5O2S. The summed E-state index contributed by atoms with van der Waals surface area (Å²) in [5.74, 6) is 0.860. The van der Waals surface area contributed by atoms with Crippen LogP contribution in [-0.2, 0) is 11.3 Å². The molecule has 9 heteroatoms. The summed E-state index contributed by atoms with van der Waals surface area (Å²) in [5, 5.41) is 4.47. The second-order valence-corrected chi connectivity index (χ2v) is 6.60. The Balaban J connectivity index is 0.00000288. The van der Waals surface area contributed by atoms with Gasteiger partial charge in [0.25, 0.3) is 0 Å². The molecule has 1 aromatic heterocycles. The standard InChI is InChI=1S/C15H25N5O2S.HI/c1-5-22-15(21)20-8-6-19(7-9-20)14(16-4)17-10-13-11(2)18-12(3)23-13;/h5-10H2,1-4H3,(H,16,17);1H. The van der Waals surface area contributed by atoms with Crippen molar-refractivity contribution in [3.8, 4) is 0 Å². The molecule has 1 aromatic rings. The third-order valence-electron chi connectivity index (χ3n) is 3.72. The van der Waals surface area contributed by atoms with E-state index in [4.69, 9.17) is 4.74 Å². The molecule has 0 saturated carbocycles. The van der Waals surface area contributed by atoms with Gasteiger partial charge in [-0.1, -0.05) is 0 Å². The second kappa shape index (κ2) is 10.0. The van der Waals surface area contributed by atoms with Crippen molar-refractivity contribution in [1.29, 1.82) is 0 Å². The number of halogens is 1. The van der Waals surface area contributed by atoms with Crippen LogP contribution in [0.2, 0.25) is 0 Å². The van der Waals surface area contributed by atoms with E-state index in [1.54, 1.807) is 23.3 Å². The van der Waals surface area contributed by atoms with Crippen LogP contribution in [0.5, 0.6) is 0 Å². The number of guanidine groups is 1. The number of hydrogen-bond acceptors (Lipinski definition) is 5. The van der Waals surface area contributed by atoms with Crippen LogP contribution >= 0.6 is 35.3 Å². The number of carbonyl (C=O) groups excluding carboxylic acids is 1.